The highest BCUT2D eigenvalue weighted by Gasteiger charge is 2.26. The summed E-state index contributed by atoms with van der Waals surface area (Å²) in [5.41, 5.74) is -0.213. The summed E-state index contributed by atoms with van der Waals surface area (Å²) >= 11 is 0. The predicted octanol–water partition coefficient (Wildman–Crippen LogP) is 0.261. The second kappa shape index (κ2) is 5.30. The van der Waals surface area contributed by atoms with Crippen molar-refractivity contribution in [1.29, 1.82) is 0 Å². The molecule has 16 heavy (non-hydrogen) atoms. The fourth-order valence-electron chi connectivity index (χ4n) is 2.10. The highest BCUT2D eigenvalue weighted by Crippen LogP contribution is 2.22. The number of amides is 1. The van der Waals surface area contributed by atoms with Crippen molar-refractivity contribution in [2.75, 3.05) is 32.7 Å². The minimum absolute atomic E-state index is 0.181. The molecule has 0 saturated carbocycles. The van der Waals surface area contributed by atoms with Crippen LogP contribution in [0, 0.1) is 5.41 Å². The molecule has 92 valence electrons. The Balaban J connectivity index is 2.37. The zero-order valence-corrected chi connectivity index (χ0v) is 9.98. The zero-order chi connectivity index (χ0) is 12.2. The van der Waals surface area contributed by atoms with E-state index in [-0.39, 0.29) is 11.8 Å². The molecule has 1 saturated heterocycles. The molecule has 0 atom stereocenters. The smallest absolute Gasteiger partial charge is 0.303 e. The monoisotopic (exact) mass is 228 g/mol. The summed E-state index contributed by atoms with van der Waals surface area (Å²) in [5.74, 6) is -0.753. The lowest BCUT2D eigenvalue weighted by Crippen LogP contribution is -2.48. The van der Waals surface area contributed by atoms with Gasteiger partial charge in [0.25, 0.3) is 0 Å². The van der Waals surface area contributed by atoms with E-state index in [1.165, 1.54) is 0 Å². The average molecular weight is 228 g/mol. The van der Waals surface area contributed by atoms with E-state index in [9.17, 15) is 9.59 Å². The summed E-state index contributed by atoms with van der Waals surface area (Å²) in [6, 6.07) is 0. The molecule has 0 spiro atoms. The Labute approximate surface area is 96.0 Å². The Morgan fingerprint density at radius 2 is 1.88 bits per heavy atom. The number of piperazine rings is 1. The van der Waals surface area contributed by atoms with E-state index in [4.69, 9.17) is 5.11 Å². The van der Waals surface area contributed by atoms with E-state index in [0.29, 0.717) is 0 Å². The van der Waals surface area contributed by atoms with E-state index >= 15 is 0 Å². The molecule has 1 heterocycles. The van der Waals surface area contributed by atoms with Crippen molar-refractivity contribution in [1.82, 2.24) is 9.80 Å². The maximum Gasteiger partial charge on any atom is 0.303 e. The van der Waals surface area contributed by atoms with Crippen LogP contribution in [-0.2, 0) is 9.59 Å². The Morgan fingerprint density at radius 1 is 1.31 bits per heavy atom. The van der Waals surface area contributed by atoms with Crippen molar-refractivity contribution in [2.45, 2.75) is 20.3 Å². The number of rotatable bonds is 5. The van der Waals surface area contributed by atoms with Crippen LogP contribution in [0.1, 0.15) is 20.3 Å². The van der Waals surface area contributed by atoms with Gasteiger partial charge >= 0.3 is 5.97 Å². The fraction of sp³-hybridized carbons (Fsp3) is 0.818. The molecule has 1 aliphatic rings. The van der Waals surface area contributed by atoms with Gasteiger partial charge in [0, 0.05) is 32.7 Å². The van der Waals surface area contributed by atoms with Crippen LogP contribution < -0.4 is 0 Å². The first kappa shape index (κ1) is 13.0. The predicted molar refractivity (Wildman–Crippen MR) is 60.1 cm³/mol. The van der Waals surface area contributed by atoms with Crippen LogP contribution in [0.15, 0.2) is 0 Å². The van der Waals surface area contributed by atoms with Gasteiger partial charge in [0.1, 0.15) is 0 Å². The molecule has 1 rings (SSSR count). The van der Waals surface area contributed by atoms with E-state index < -0.39 is 5.97 Å². The average Bonchev–Trinajstić information content (AvgIpc) is 2.16. The van der Waals surface area contributed by atoms with Gasteiger partial charge in [0.2, 0.25) is 6.41 Å². The van der Waals surface area contributed by atoms with E-state index in [1.54, 1.807) is 4.90 Å². The molecule has 0 aliphatic carbocycles. The molecule has 0 aromatic rings. The number of aliphatic carboxylic acids is 1. The van der Waals surface area contributed by atoms with Crippen molar-refractivity contribution in [3.63, 3.8) is 0 Å². The number of carbonyl (C=O) groups excluding carboxylic acids is 1. The first-order valence-corrected chi connectivity index (χ1v) is 5.56. The lowest BCUT2D eigenvalue weighted by molar-refractivity contribution is -0.139. The van der Waals surface area contributed by atoms with Crippen LogP contribution in [0.3, 0.4) is 0 Å². The standard InChI is InChI=1S/C11H20N2O3/c1-11(2,7-10(15)16)8-12-3-5-13(9-14)6-4-12/h9H,3-8H2,1-2H3,(H,15,16). The van der Waals surface area contributed by atoms with Crippen LogP contribution in [0.5, 0.6) is 0 Å². The fourth-order valence-corrected chi connectivity index (χ4v) is 2.10. The number of carboxylic acid groups (broad SMARTS) is 1. The lowest BCUT2D eigenvalue weighted by atomic mass is 9.88. The van der Waals surface area contributed by atoms with Gasteiger partial charge in [-0.25, -0.2) is 0 Å². The van der Waals surface area contributed by atoms with Gasteiger partial charge in [-0.2, -0.15) is 0 Å². The molecule has 5 heteroatoms. The Kier molecular flexibility index (Phi) is 4.29. The van der Waals surface area contributed by atoms with Gasteiger partial charge in [0.05, 0.1) is 6.42 Å². The first-order chi connectivity index (χ1) is 7.43. The maximum absolute atomic E-state index is 10.7. The number of carbonyl (C=O) groups is 2. The largest absolute Gasteiger partial charge is 0.481 e. The Bertz CT molecular complexity index is 258. The summed E-state index contributed by atoms with van der Waals surface area (Å²) in [6.45, 7) is 7.86. The lowest BCUT2D eigenvalue weighted by Gasteiger charge is -2.37. The third kappa shape index (κ3) is 4.18. The van der Waals surface area contributed by atoms with Crippen molar-refractivity contribution in [2.24, 2.45) is 5.41 Å². The third-order valence-corrected chi connectivity index (χ3v) is 2.84. The number of carboxylic acids is 1. The van der Waals surface area contributed by atoms with E-state index in [1.807, 2.05) is 13.8 Å². The van der Waals surface area contributed by atoms with Crippen LogP contribution in [0.4, 0.5) is 0 Å². The van der Waals surface area contributed by atoms with Gasteiger partial charge in [-0.1, -0.05) is 13.8 Å². The molecule has 0 unspecified atom stereocenters. The van der Waals surface area contributed by atoms with Gasteiger partial charge in [0.15, 0.2) is 0 Å². The van der Waals surface area contributed by atoms with Crippen LogP contribution in [0.2, 0.25) is 0 Å². The molecule has 1 amide bonds. The highest BCUT2D eigenvalue weighted by atomic mass is 16.4. The second-order valence-electron chi connectivity index (χ2n) is 5.15. The van der Waals surface area contributed by atoms with Crippen LogP contribution >= 0.6 is 0 Å². The molecule has 0 radical (unpaired) electrons. The summed E-state index contributed by atoms with van der Waals surface area (Å²) in [7, 11) is 0. The summed E-state index contributed by atoms with van der Waals surface area (Å²) in [5, 5.41) is 8.79. The van der Waals surface area contributed by atoms with Crippen LogP contribution in [-0.4, -0.2) is 60.0 Å². The van der Waals surface area contributed by atoms with Crippen molar-refractivity contribution < 1.29 is 14.7 Å². The molecule has 1 fully saturated rings. The molecule has 0 aromatic carbocycles. The molecular weight excluding hydrogens is 208 g/mol. The van der Waals surface area contributed by atoms with Gasteiger partial charge in [-0.15, -0.1) is 0 Å². The molecule has 1 aliphatic heterocycles. The minimum Gasteiger partial charge on any atom is -0.481 e. The molecule has 1 N–H and O–H groups in total. The first-order valence-electron chi connectivity index (χ1n) is 5.56. The Morgan fingerprint density at radius 3 is 2.31 bits per heavy atom. The number of nitrogens with zero attached hydrogens (tertiary/aromatic N) is 2. The SMILES string of the molecule is CC(C)(CC(=O)O)CN1CCN(C=O)CC1. The summed E-state index contributed by atoms with van der Waals surface area (Å²) < 4.78 is 0. The number of hydrogen-bond donors (Lipinski definition) is 1. The van der Waals surface area contributed by atoms with E-state index in [0.717, 1.165) is 39.1 Å². The second-order valence-corrected chi connectivity index (χ2v) is 5.15. The van der Waals surface area contributed by atoms with Crippen molar-refractivity contribution in [3.05, 3.63) is 0 Å². The van der Waals surface area contributed by atoms with Crippen molar-refractivity contribution >= 4 is 12.4 Å². The summed E-state index contributed by atoms with van der Waals surface area (Å²) in [6.07, 6.45) is 1.06. The molecule has 0 bridgehead atoms. The summed E-state index contributed by atoms with van der Waals surface area (Å²) in [4.78, 5) is 25.2. The highest BCUT2D eigenvalue weighted by molar-refractivity contribution is 5.67. The minimum atomic E-state index is -0.753. The Hall–Kier alpha value is -1.10. The van der Waals surface area contributed by atoms with Crippen LogP contribution in [0.25, 0.3) is 0 Å². The van der Waals surface area contributed by atoms with Gasteiger partial charge < -0.3 is 10.0 Å². The third-order valence-electron chi connectivity index (χ3n) is 2.84. The van der Waals surface area contributed by atoms with Gasteiger partial charge in [-0.3, -0.25) is 14.5 Å². The molecule has 5 nitrogen and oxygen atoms in total. The van der Waals surface area contributed by atoms with Crippen molar-refractivity contribution in [3.8, 4) is 0 Å². The number of hydrogen-bond acceptors (Lipinski definition) is 3. The molecule has 0 aromatic heterocycles. The normalized spacial score (nSPS) is 18.5. The maximum atomic E-state index is 10.7. The van der Waals surface area contributed by atoms with E-state index in [2.05, 4.69) is 4.90 Å². The topological polar surface area (TPSA) is 60.9 Å². The molecular formula is C11H20N2O3. The zero-order valence-electron chi connectivity index (χ0n) is 9.98. The van der Waals surface area contributed by atoms with Gasteiger partial charge in [-0.05, 0) is 5.41 Å². The quantitative estimate of drug-likeness (QED) is 0.686.